The number of aryl methyl sites for hydroxylation is 1. The van der Waals surface area contributed by atoms with E-state index in [1.165, 1.54) is 0 Å². The predicted octanol–water partition coefficient (Wildman–Crippen LogP) is 1.54. The molecule has 0 radical (unpaired) electrons. The Hall–Kier alpha value is -2.25. The maximum absolute atomic E-state index is 12.0. The van der Waals surface area contributed by atoms with Crippen molar-refractivity contribution < 1.29 is 14.7 Å². The molecule has 0 bridgehead atoms. The summed E-state index contributed by atoms with van der Waals surface area (Å²) in [6, 6.07) is 7.00. The van der Waals surface area contributed by atoms with Crippen LogP contribution < -0.4 is 11.1 Å². The monoisotopic (exact) mass is 305 g/mol. The summed E-state index contributed by atoms with van der Waals surface area (Å²) in [5, 5.41) is 12.2. The van der Waals surface area contributed by atoms with Crippen molar-refractivity contribution in [3.8, 4) is 0 Å². The number of hydrogen-bond donors (Lipinski definition) is 3. The van der Waals surface area contributed by atoms with E-state index in [0.29, 0.717) is 22.8 Å². The van der Waals surface area contributed by atoms with Crippen molar-refractivity contribution in [2.24, 2.45) is 5.73 Å². The molecule has 2 aromatic rings. The molecular weight excluding hydrogens is 290 g/mol. The fourth-order valence-electron chi connectivity index (χ4n) is 1.78. The number of hydrogen-bond acceptors (Lipinski definition) is 5. The van der Waals surface area contributed by atoms with Gasteiger partial charge in [0.15, 0.2) is 0 Å². The quantitative estimate of drug-likeness (QED) is 0.777. The normalized spacial score (nSPS) is 10.4. The van der Waals surface area contributed by atoms with E-state index in [1.807, 2.05) is 0 Å². The fourth-order valence-corrected chi connectivity index (χ4v) is 2.62. The van der Waals surface area contributed by atoms with Gasteiger partial charge in [0.2, 0.25) is 0 Å². The van der Waals surface area contributed by atoms with Gasteiger partial charge < -0.3 is 16.2 Å². The van der Waals surface area contributed by atoms with Gasteiger partial charge in [-0.25, -0.2) is 9.78 Å². The molecule has 1 aromatic heterocycles. The molecule has 0 aliphatic rings. The molecule has 2 rings (SSSR count). The van der Waals surface area contributed by atoms with E-state index in [9.17, 15) is 9.59 Å². The number of rotatable bonds is 5. The molecule has 0 unspecified atom stereocenters. The summed E-state index contributed by atoms with van der Waals surface area (Å²) < 4.78 is 0. The highest BCUT2D eigenvalue weighted by molar-refractivity contribution is 7.13. The lowest BCUT2D eigenvalue weighted by molar-refractivity contribution is 0.0701. The summed E-state index contributed by atoms with van der Waals surface area (Å²) in [6.07, 6.45) is 0. The molecule has 1 heterocycles. The van der Waals surface area contributed by atoms with Crippen LogP contribution >= 0.6 is 11.3 Å². The van der Waals surface area contributed by atoms with Crippen LogP contribution in [0, 0.1) is 6.92 Å². The first kappa shape index (κ1) is 15.1. The van der Waals surface area contributed by atoms with Crippen molar-refractivity contribution in [3.63, 3.8) is 0 Å². The number of aromatic carboxylic acids is 1. The topological polar surface area (TPSA) is 105 Å². The van der Waals surface area contributed by atoms with Crippen LogP contribution in [0.5, 0.6) is 0 Å². The molecule has 1 amide bonds. The predicted molar refractivity (Wildman–Crippen MR) is 79.3 cm³/mol. The van der Waals surface area contributed by atoms with Gasteiger partial charge in [-0.1, -0.05) is 12.1 Å². The Labute approximate surface area is 125 Å². The van der Waals surface area contributed by atoms with Crippen molar-refractivity contribution in [2.75, 3.05) is 0 Å². The van der Waals surface area contributed by atoms with Crippen LogP contribution in [0.1, 0.15) is 36.3 Å². The molecule has 21 heavy (non-hydrogen) atoms. The Bertz CT molecular complexity index is 665. The molecule has 0 saturated heterocycles. The van der Waals surface area contributed by atoms with Crippen LogP contribution in [0.2, 0.25) is 0 Å². The number of carboxylic acid groups (broad SMARTS) is 1. The largest absolute Gasteiger partial charge is 0.477 e. The van der Waals surface area contributed by atoms with Crippen LogP contribution in [0.4, 0.5) is 0 Å². The number of carbonyl (C=O) groups is 2. The highest BCUT2D eigenvalue weighted by Gasteiger charge is 2.14. The molecular formula is C14H15N3O3S. The molecule has 6 nitrogen and oxygen atoms in total. The third-order valence-corrected chi connectivity index (χ3v) is 4.03. The van der Waals surface area contributed by atoms with Gasteiger partial charge in [0, 0.05) is 12.1 Å². The molecule has 0 saturated carbocycles. The average Bonchev–Trinajstić information content (AvgIpc) is 2.86. The van der Waals surface area contributed by atoms with E-state index in [0.717, 1.165) is 16.9 Å². The zero-order valence-electron chi connectivity index (χ0n) is 11.4. The number of nitrogens with zero attached hydrogens (tertiary/aromatic N) is 1. The lowest BCUT2D eigenvalue weighted by Gasteiger charge is -2.04. The van der Waals surface area contributed by atoms with Gasteiger partial charge in [0.05, 0.1) is 12.2 Å². The van der Waals surface area contributed by atoms with Gasteiger partial charge in [0.1, 0.15) is 9.88 Å². The first-order chi connectivity index (χ1) is 10.0. The average molecular weight is 305 g/mol. The molecule has 4 N–H and O–H groups in total. The number of amides is 1. The number of benzene rings is 1. The van der Waals surface area contributed by atoms with Crippen LogP contribution in [-0.4, -0.2) is 22.0 Å². The molecule has 0 spiro atoms. The van der Waals surface area contributed by atoms with E-state index in [-0.39, 0.29) is 17.3 Å². The minimum atomic E-state index is -1.00. The standard InChI is InChI=1S/C14H15N3O3S/c1-8-12(14(19)20)21-11(17-8)7-16-13(18)10-4-2-9(6-15)3-5-10/h2-5H,6-7,15H2,1H3,(H,16,18)(H,19,20). The van der Waals surface area contributed by atoms with E-state index in [2.05, 4.69) is 10.3 Å². The van der Waals surface area contributed by atoms with Crippen LogP contribution in [0.15, 0.2) is 24.3 Å². The van der Waals surface area contributed by atoms with Crippen molar-refractivity contribution in [2.45, 2.75) is 20.0 Å². The number of carboxylic acids is 1. The maximum atomic E-state index is 12.0. The number of carbonyl (C=O) groups excluding carboxylic acids is 1. The second kappa shape index (κ2) is 6.47. The Morgan fingerprint density at radius 1 is 1.33 bits per heavy atom. The zero-order valence-corrected chi connectivity index (χ0v) is 12.2. The summed E-state index contributed by atoms with van der Waals surface area (Å²) in [7, 11) is 0. The van der Waals surface area contributed by atoms with Gasteiger partial charge >= 0.3 is 5.97 Å². The van der Waals surface area contributed by atoms with Crippen molar-refractivity contribution in [1.29, 1.82) is 0 Å². The minimum Gasteiger partial charge on any atom is -0.477 e. The summed E-state index contributed by atoms with van der Waals surface area (Å²) >= 11 is 1.07. The number of nitrogens with one attached hydrogen (secondary N) is 1. The Kier molecular flexibility index (Phi) is 4.66. The third kappa shape index (κ3) is 3.65. The Morgan fingerprint density at radius 2 is 2.00 bits per heavy atom. The van der Waals surface area contributed by atoms with Crippen molar-refractivity contribution in [3.05, 3.63) is 51.0 Å². The van der Waals surface area contributed by atoms with Gasteiger partial charge in [-0.2, -0.15) is 0 Å². The van der Waals surface area contributed by atoms with Crippen molar-refractivity contribution >= 4 is 23.2 Å². The third-order valence-electron chi connectivity index (χ3n) is 2.89. The van der Waals surface area contributed by atoms with E-state index >= 15 is 0 Å². The Morgan fingerprint density at radius 3 is 2.52 bits per heavy atom. The van der Waals surface area contributed by atoms with Crippen molar-refractivity contribution in [1.82, 2.24) is 10.3 Å². The second-order valence-electron chi connectivity index (χ2n) is 4.41. The SMILES string of the molecule is Cc1nc(CNC(=O)c2ccc(CN)cc2)sc1C(=O)O. The van der Waals surface area contributed by atoms with E-state index < -0.39 is 5.97 Å². The van der Waals surface area contributed by atoms with Crippen LogP contribution in [-0.2, 0) is 13.1 Å². The van der Waals surface area contributed by atoms with Gasteiger partial charge in [-0.3, -0.25) is 4.79 Å². The molecule has 1 aromatic carbocycles. The molecule has 7 heteroatoms. The number of thiazole rings is 1. The van der Waals surface area contributed by atoms with Crippen LogP contribution in [0.3, 0.4) is 0 Å². The minimum absolute atomic E-state index is 0.201. The molecule has 0 aliphatic carbocycles. The summed E-state index contributed by atoms with van der Waals surface area (Å²) in [6.45, 7) is 2.27. The lowest BCUT2D eigenvalue weighted by Crippen LogP contribution is -2.22. The van der Waals surface area contributed by atoms with Gasteiger partial charge in [0.25, 0.3) is 5.91 Å². The summed E-state index contributed by atoms with van der Waals surface area (Å²) in [4.78, 5) is 27.2. The van der Waals surface area contributed by atoms with Crippen LogP contribution in [0.25, 0.3) is 0 Å². The molecule has 110 valence electrons. The first-order valence-electron chi connectivity index (χ1n) is 6.28. The maximum Gasteiger partial charge on any atom is 0.347 e. The second-order valence-corrected chi connectivity index (χ2v) is 5.49. The first-order valence-corrected chi connectivity index (χ1v) is 7.09. The fraction of sp³-hybridized carbons (Fsp3) is 0.214. The van der Waals surface area contributed by atoms with Gasteiger partial charge in [-0.15, -0.1) is 11.3 Å². The number of nitrogens with two attached hydrogens (primary N) is 1. The van der Waals surface area contributed by atoms with Gasteiger partial charge in [-0.05, 0) is 24.6 Å². The molecule has 0 aliphatic heterocycles. The highest BCUT2D eigenvalue weighted by Crippen LogP contribution is 2.17. The smallest absolute Gasteiger partial charge is 0.347 e. The summed E-state index contributed by atoms with van der Waals surface area (Å²) in [5.41, 5.74) is 7.44. The molecule has 0 atom stereocenters. The Balaban J connectivity index is 2.00. The highest BCUT2D eigenvalue weighted by atomic mass is 32.1. The molecule has 0 fully saturated rings. The lowest BCUT2D eigenvalue weighted by atomic mass is 10.1. The summed E-state index contributed by atoms with van der Waals surface area (Å²) in [5.74, 6) is -1.23. The van der Waals surface area contributed by atoms with E-state index in [1.54, 1.807) is 31.2 Å². The van der Waals surface area contributed by atoms with E-state index in [4.69, 9.17) is 10.8 Å². The zero-order chi connectivity index (χ0) is 15.4. The number of aromatic nitrogens is 1.